The minimum Gasteiger partial charge on any atom is -0.393 e. The van der Waals surface area contributed by atoms with Crippen LogP contribution in [0.5, 0.6) is 0 Å². The number of hydrogen-bond acceptors (Lipinski definition) is 2. The van der Waals surface area contributed by atoms with Crippen LogP contribution in [0.25, 0.3) is 0 Å². The molecular formula is C10H19NOS. The zero-order valence-corrected chi connectivity index (χ0v) is 9.32. The van der Waals surface area contributed by atoms with Crippen molar-refractivity contribution in [2.24, 2.45) is 11.7 Å². The summed E-state index contributed by atoms with van der Waals surface area (Å²) >= 11 is 4.83. The summed E-state index contributed by atoms with van der Waals surface area (Å²) in [4.78, 5) is 11.4. The van der Waals surface area contributed by atoms with E-state index >= 15 is 0 Å². The van der Waals surface area contributed by atoms with E-state index in [1.165, 1.54) is 19.3 Å². The molecule has 0 aliphatic heterocycles. The van der Waals surface area contributed by atoms with E-state index in [4.69, 9.17) is 18.0 Å². The Hall–Kier alpha value is -0.440. The summed E-state index contributed by atoms with van der Waals surface area (Å²) in [5, 5.41) is 0. The van der Waals surface area contributed by atoms with Gasteiger partial charge in [0.05, 0.1) is 10.9 Å². The summed E-state index contributed by atoms with van der Waals surface area (Å²) in [5.41, 5.74) is 5.46. The highest BCUT2D eigenvalue weighted by atomic mass is 32.1. The molecule has 1 unspecified atom stereocenters. The SMILES string of the molecule is CCCCCCC(C(C)=O)C(N)=S. The molecule has 76 valence electrons. The lowest BCUT2D eigenvalue weighted by molar-refractivity contribution is -0.119. The summed E-state index contributed by atoms with van der Waals surface area (Å²) in [5.74, 6) is -0.0872. The quantitative estimate of drug-likeness (QED) is 0.508. The normalized spacial score (nSPS) is 12.5. The van der Waals surface area contributed by atoms with Crippen LogP contribution < -0.4 is 5.73 Å². The fourth-order valence-corrected chi connectivity index (χ4v) is 1.60. The highest BCUT2D eigenvalue weighted by molar-refractivity contribution is 7.80. The second kappa shape index (κ2) is 7.01. The number of Topliss-reactive ketones (excluding diaryl/α,β-unsaturated/α-hetero) is 1. The molecule has 3 heteroatoms. The summed E-state index contributed by atoms with van der Waals surface area (Å²) in [6.07, 6.45) is 5.47. The Morgan fingerprint density at radius 1 is 1.38 bits per heavy atom. The van der Waals surface area contributed by atoms with E-state index in [1.54, 1.807) is 6.92 Å². The maximum atomic E-state index is 11.1. The molecular weight excluding hydrogens is 182 g/mol. The third kappa shape index (κ3) is 5.75. The molecule has 13 heavy (non-hydrogen) atoms. The molecule has 0 radical (unpaired) electrons. The van der Waals surface area contributed by atoms with Gasteiger partial charge in [0.25, 0.3) is 0 Å². The van der Waals surface area contributed by atoms with Crippen molar-refractivity contribution in [2.75, 3.05) is 0 Å². The van der Waals surface area contributed by atoms with Gasteiger partial charge in [0.1, 0.15) is 5.78 Å². The van der Waals surface area contributed by atoms with E-state index in [9.17, 15) is 4.79 Å². The second-order valence-corrected chi connectivity index (χ2v) is 3.89. The Kier molecular flexibility index (Phi) is 6.77. The van der Waals surface area contributed by atoms with Crippen LogP contribution in [0.2, 0.25) is 0 Å². The standard InChI is InChI=1S/C10H19NOS/c1-3-4-5-6-7-9(8(2)12)10(11)13/h9H,3-7H2,1-2H3,(H2,11,13). The van der Waals surface area contributed by atoms with E-state index in [2.05, 4.69) is 6.92 Å². The van der Waals surface area contributed by atoms with Crippen LogP contribution in [-0.2, 0) is 4.79 Å². The Morgan fingerprint density at radius 3 is 2.38 bits per heavy atom. The fourth-order valence-electron chi connectivity index (χ4n) is 1.32. The van der Waals surface area contributed by atoms with Crippen LogP contribution in [0.1, 0.15) is 46.0 Å². The number of carbonyl (C=O) groups is 1. The molecule has 0 aromatic rings. The average Bonchev–Trinajstić information content (AvgIpc) is 2.02. The number of nitrogens with two attached hydrogens (primary N) is 1. The highest BCUT2D eigenvalue weighted by Crippen LogP contribution is 2.12. The van der Waals surface area contributed by atoms with Crippen LogP contribution in [0.4, 0.5) is 0 Å². The Labute approximate surface area is 85.9 Å². The number of ketones is 1. The third-order valence-electron chi connectivity index (χ3n) is 2.18. The smallest absolute Gasteiger partial charge is 0.139 e. The predicted molar refractivity (Wildman–Crippen MR) is 59.7 cm³/mol. The number of thiocarbonyl (C=S) groups is 1. The molecule has 0 spiro atoms. The lowest BCUT2D eigenvalue weighted by Gasteiger charge is -2.10. The van der Waals surface area contributed by atoms with Crippen LogP contribution in [0, 0.1) is 5.92 Å². The molecule has 0 aliphatic carbocycles. The van der Waals surface area contributed by atoms with Gasteiger partial charge in [-0.2, -0.15) is 0 Å². The van der Waals surface area contributed by atoms with Crippen LogP contribution in [0.3, 0.4) is 0 Å². The average molecular weight is 201 g/mol. The zero-order valence-electron chi connectivity index (χ0n) is 8.51. The second-order valence-electron chi connectivity index (χ2n) is 3.41. The molecule has 1 atom stereocenters. The summed E-state index contributed by atoms with van der Waals surface area (Å²) in [6, 6.07) is 0. The van der Waals surface area contributed by atoms with Crippen LogP contribution in [-0.4, -0.2) is 10.8 Å². The van der Waals surface area contributed by atoms with Crippen molar-refractivity contribution in [3.8, 4) is 0 Å². The number of unbranched alkanes of at least 4 members (excludes halogenated alkanes) is 3. The van der Waals surface area contributed by atoms with Crippen molar-refractivity contribution < 1.29 is 4.79 Å². The Balaban J connectivity index is 3.71. The molecule has 0 aromatic carbocycles. The van der Waals surface area contributed by atoms with Gasteiger partial charge in [-0.1, -0.05) is 44.8 Å². The maximum absolute atomic E-state index is 11.1. The van der Waals surface area contributed by atoms with Crippen molar-refractivity contribution in [2.45, 2.75) is 46.0 Å². The van der Waals surface area contributed by atoms with Gasteiger partial charge in [-0.25, -0.2) is 0 Å². The molecule has 0 rings (SSSR count). The van der Waals surface area contributed by atoms with Gasteiger partial charge in [-0.05, 0) is 13.3 Å². The van der Waals surface area contributed by atoms with Crippen LogP contribution in [0.15, 0.2) is 0 Å². The van der Waals surface area contributed by atoms with Gasteiger partial charge in [0.2, 0.25) is 0 Å². The summed E-state index contributed by atoms with van der Waals surface area (Å²) < 4.78 is 0. The molecule has 0 fully saturated rings. The molecule has 0 saturated heterocycles. The first-order chi connectivity index (χ1) is 6.09. The molecule has 0 bridgehead atoms. The van der Waals surface area contributed by atoms with Crippen molar-refractivity contribution in [3.05, 3.63) is 0 Å². The summed E-state index contributed by atoms with van der Waals surface area (Å²) in [7, 11) is 0. The first-order valence-electron chi connectivity index (χ1n) is 4.89. The lowest BCUT2D eigenvalue weighted by Crippen LogP contribution is -2.27. The number of hydrogen-bond donors (Lipinski definition) is 1. The number of rotatable bonds is 7. The van der Waals surface area contributed by atoms with Gasteiger partial charge in [-0.15, -0.1) is 0 Å². The van der Waals surface area contributed by atoms with E-state index in [-0.39, 0.29) is 11.7 Å². The largest absolute Gasteiger partial charge is 0.393 e. The molecule has 2 nitrogen and oxygen atoms in total. The van der Waals surface area contributed by atoms with Gasteiger partial charge < -0.3 is 5.73 Å². The van der Waals surface area contributed by atoms with Gasteiger partial charge in [-0.3, -0.25) is 4.79 Å². The topological polar surface area (TPSA) is 43.1 Å². The van der Waals surface area contributed by atoms with Crippen molar-refractivity contribution in [1.82, 2.24) is 0 Å². The van der Waals surface area contributed by atoms with E-state index in [1.807, 2.05) is 0 Å². The van der Waals surface area contributed by atoms with Crippen molar-refractivity contribution >= 4 is 23.0 Å². The molecule has 0 aliphatic rings. The molecule has 2 N–H and O–H groups in total. The zero-order chi connectivity index (χ0) is 10.3. The Bertz CT molecular complexity index is 166. The van der Waals surface area contributed by atoms with Gasteiger partial charge in [0, 0.05) is 0 Å². The first-order valence-corrected chi connectivity index (χ1v) is 5.30. The molecule has 0 aromatic heterocycles. The number of carbonyl (C=O) groups excluding carboxylic acids is 1. The van der Waals surface area contributed by atoms with Crippen molar-refractivity contribution in [1.29, 1.82) is 0 Å². The van der Waals surface area contributed by atoms with E-state index in [0.29, 0.717) is 4.99 Å². The van der Waals surface area contributed by atoms with Crippen molar-refractivity contribution in [3.63, 3.8) is 0 Å². The maximum Gasteiger partial charge on any atom is 0.139 e. The summed E-state index contributed by atoms with van der Waals surface area (Å²) in [6.45, 7) is 3.72. The molecule has 0 heterocycles. The highest BCUT2D eigenvalue weighted by Gasteiger charge is 2.15. The minimum atomic E-state index is -0.188. The minimum absolute atomic E-state index is 0.101. The van der Waals surface area contributed by atoms with Gasteiger partial charge >= 0.3 is 0 Å². The first kappa shape index (κ1) is 12.6. The van der Waals surface area contributed by atoms with E-state index in [0.717, 1.165) is 12.8 Å². The molecule has 0 amide bonds. The van der Waals surface area contributed by atoms with Crippen LogP contribution >= 0.6 is 12.2 Å². The lowest BCUT2D eigenvalue weighted by atomic mass is 9.97. The monoisotopic (exact) mass is 201 g/mol. The van der Waals surface area contributed by atoms with Gasteiger partial charge in [0.15, 0.2) is 0 Å². The third-order valence-corrected chi connectivity index (χ3v) is 2.47. The van der Waals surface area contributed by atoms with E-state index < -0.39 is 0 Å². The Morgan fingerprint density at radius 2 is 2.00 bits per heavy atom. The predicted octanol–water partition coefficient (Wildman–Crippen LogP) is 2.45. The fraction of sp³-hybridized carbons (Fsp3) is 0.800. The molecule has 0 saturated carbocycles.